The summed E-state index contributed by atoms with van der Waals surface area (Å²) in [7, 11) is 0. The molecule has 0 spiro atoms. The Labute approximate surface area is 146 Å². The average molecular weight is 344 g/mol. The first-order valence-electron chi connectivity index (χ1n) is 8.63. The topological polar surface area (TPSA) is 60.4 Å². The highest BCUT2D eigenvalue weighted by atomic mass is 19.1. The van der Waals surface area contributed by atoms with Crippen molar-refractivity contribution in [3.8, 4) is 5.88 Å². The Balaban J connectivity index is 1.53. The molecule has 2 aromatic rings. The monoisotopic (exact) mass is 344 g/mol. The standard InChI is InChI=1S/C18H21FN4O2/c19-14-10-21-17(22-11-14)23-8-5-15-18(12-23,6-3-9-24-15)13-25-16-4-1-2-7-20-16/h1-2,4,7,10-11,15H,3,5-6,8-9,12-13H2. The van der Waals surface area contributed by atoms with Gasteiger partial charge in [0.2, 0.25) is 11.8 Å². The molecule has 2 unspecified atom stereocenters. The number of anilines is 1. The van der Waals surface area contributed by atoms with E-state index in [9.17, 15) is 4.39 Å². The van der Waals surface area contributed by atoms with E-state index < -0.39 is 5.82 Å². The summed E-state index contributed by atoms with van der Waals surface area (Å²) in [5.74, 6) is 0.756. The van der Waals surface area contributed by atoms with E-state index in [-0.39, 0.29) is 11.5 Å². The van der Waals surface area contributed by atoms with Crippen LogP contribution in [-0.2, 0) is 4.74 Å². The van der Waals surface area contributed by atoms with E-state index in [1.54, 1.807) is 6.20 Å². The van der Waals surface area contributed by atoms with Gasteiger partial charge in [0.15, 0.2) is 5.82 Å². The summed E-state index contributed by atoms with van der Waals surface area (Å²) in [5, 5.41) is 0. The summed E-state index contributed by atoms with van der Waals surface area (Å²) in [6, 6.07) is 5.64. The second kappa shape index (κ2) is 6.92. The molecular weight excluding hydrogens is 323 g/mol. The number of halogens is 1. The van der Waals surface area contributed by atoms with Gasteiger partial charge < -0.3 is 14.4 Å². The lowest BCUT2D eigenvalue weighted by atomic mass is 9.73. The summed E-state index contributed by atoms with van der Waals surface area (Å²) in [6.07, 6.45) is 7.20. The van der Waals surface area contributed by atoms with Crippen molar-refractivity contribution in [2.75, 3.05) is 31.2 Å². The number of ether oxygens (including phenoxy) is 2. The first-order chi connectivity index (χ1) is 12.3. The fourth-order valence-corrected chi connectivity index (χ4v) is 3.79. The summed E-state index contributed by atoms with van der Waals surface area (Å²) < 4.78 is 25.2. The lowest BCUT2D eigenvalue weighted by molar-refractivity contribution is -0.110. The fourth-order valence-electron chi connectivity index (χ4n) is 3.79. The Morgan fingerprint density at radius 1 is 1.28 bits per heavy atom. The van der Waals surface area contributed by atoms with Crippen molar-refractivity contribution in [3.63, 3.8) is 0 Å². The average Bonchev–Trinajstić information content (AvgIpc) is 2.67. The Bertz CT molecular complexity index is 700. The van der Waals surface area contributed by atoms with Crippen LogP contribution in [0.1, 0.15) is 19.3 Å². The fraction of sp³-hybridized carbons (Fsp3) is 0.500. The van der Waals surface area contributed by atoms with Crippen molar-refractivity contribution in [3.05, 3.63) is 42.6 Å². The molecule has 0 amide bonds. The molecule has 132 valence electrons. The molecule has 6 nitrogen and oxygen atoms in total. The van der Waals surface area contributed by atoms with Crippen LogP contribution in [0.15, 0.2) is 36.8 Å². The number of hydrogen-bond donors (Lipinski definition) is 0. The molecule has 4 heterocycles. The van der Waals surface area contributed by atoms with Gasteiger partial charge in [-0.2, -0.15) is 0 Å². The molecule has 2 aliphatic rings. The van der Waals surface area contributed by atoms with Crippen molar-refractivity contribution in [2.24, 2.45) is 5.41 Å². The highest BCUT2D eigenvalue weighted by Gasteiger charge is 2.47. The predicted octanol–water partition coefficient (Wildman–Crippen LogP) is 2.47. The maximum Gasteiger partial charge on any atom is 0.225 e. The smallest absolute Gasteiger partial charge is 0.225 e. The molecule has 2 fully saturated rings. The van der Waals surface area contributed by atoms with E-state index in [2.05, 4.69) is 19.9 Å². The predicted molar refractivity (Wildman–Crippen MR) is 90.0 cm³/mol. The maximum absolute atomic E-state index is 13.1. The van der Waals surface area contributed by atoms with Crippen molar-refractivity contribution in [1.82, 2.24) is 15.0 Å². The van der Waals surface area contributed by atoms with Crippen LogP contribution in [0, 0.1) is 11.2 Å². The largest absolute Gasteiger partial charge is 0.477 e. The van der Waals surface area contributed by atoms with Crippen molar-refractivity contribution in [2.45, 2.75) is 25.4 Å². The molecule has 0 radical (unpaired) electrons. The van der Waals surface area contributed by atoms with E-state index in [0.717, 1.165) is 39.0 Å². The van der Waals surface area contributed by atoms with Crippen LogP contribution in [0.5, 0.6) is 5.88 Å². The van der Waals surface area contributed by atoms with Gasteiger partial charge >= 0.3 is 0 Å². The maximum atomic E-state index is 13.1. The number of nitrogens with zero attached hydrogens (tertiary/aromatic N) is 4. The van der Waals surface area contributed by atoms with Gasteiger partial charge in [-0.3, -0.25) is 0 Å². The quantitative estimate of drug-likeness (QED) is 0.849. The Morgan fingerprint density at radius 2 is 2.16 bits per heavy atom. The zero-order valence-corrected chi connectivity index (χ0v) is 14.0. The van der Waals surface area contributed by atoms with Gasteiger partial charge in [0.1, 0.15) is 0 Å². The first kappa shape index (κ1) is 16.2. The summed E-state index contributed by atoms with van der Waals surface area (Å²) in [4.78, 5) is 14.6. The molecular formula is C18H21FN4O2. The molecule has 0 N–H and O–H groups in total. The third-order valence-corrected chi connectivity index (χ3v) is 5.02. The molecule has 2 saturated heterocycles. The molecule has 0 aromatic carbocycles. The zero-order valence-electron chi connectivity index (χ0n) is 14.0. The molecule has 0 aliphatic carbocycles. The normalized spacial score (nSPS) is 26.1. The third kappa shape index (κ3) is 3.42. The number of pyridine rings is 1. The second-order valence-electron chi connectivity index (χ2n) is 6.69. The van der Waals surface area contributed by atoms with Gasteiger partial charge in [-0.15, -0.1) is 0 Å². The second-order valence-corrected chi connectivity index (χ2v) is 6.69. The van der Waals surface area contributed by atoms with Crippen molar-refractivity contribution >= 4 is 5.95 Å². The minimum Gasteiger partial charge on any atom is -0.477 e. The van der Waals surface area contributed by atoms with E-state index in [1.165, 1.54) is 12.4 Å². The van der Waals surface area contributed by atoms with Crippen LogP contribution >= 0.6 is 0 Å². The Hall–Kier alpha value is -2.28. The number of piperidine rings is 1. The number of aromatic nitrogens is 3. The van der Waals surface area contributed by atoms with Crippen molar-refractivity contribution in [1.29, 1.82) is 0 Å². The van der Waals surface area contributed by atoms with Gasteiger partial charge in [0, 0.05) is 37.4 Å². The number of rotatable bonds is 4. The summed E-state index contributed by atoms with van der Waals surface area (Å²) >= 11 is 0. The van der Waals surface area contributed by atoms with Crippen LogP contribution < -0.4 is 9.64 Å². The number of hydrogen-bond acceptors (Lipinski definition) is 6. The molecule has 0 saturated carbocycles. The molecule has 2 aromatic heterocycles. The van der Waals surface area contributed by atoms with Crippen LogP contribution in [0.2, 0.25) is 0 Å². The molecule has 2 atom stereocenters. The third-order valence-electron chi connectivity index (χ3n) is 5.02. The van der Waals surface area contributed by atoms with Crippen LogP contribution in [0.4, 0.5) is 10.3 Å². The van der Waals surface area contributed by atoms with Gasteiger partial charge in [-0.05, 0) is 25.3 Å². The van der Waals surface area contributed by atoms with Crippen LogP contribution in [-0.4, -0.2) is 47.4 Å². The molecule has 25 heavy (non-hydrogen) atoms. The van der Waals surface area contributed by atoms with Crippen molar-refractivity contribution < 1.29 is 13.9 Å². The molecule has 0 bridgehead atoms. The van der Waals surface area contributed by atoms with Crippen LogP contribution in [0.3, 0.4) is 0 Å². The zero-order chi connectivity index (χ0) is 17.1. The summed E-state index contributed by atoms with van der Waals surface area (Å²) in [5.41, 5.74) is -0.133. The van der Waals surface area contributed by atoms with E-state index in [0.29, 0.717) is 18.4 Å². The lowest BCUT2D eigenvalue weighted by Crippen LogP contribution is -2.57. The number of fused-ring (bicyclic) bond motifs is 1. The SMILES string of the molecule is Fc1cnc(N2CCC3OCCCC3(COc3ccccn3)C2)nc1. The Kier molecular flexibility index (Phi) is 4.48. The van der Waals surface area contributed by atoms with E-state index in [4.69, 9.17) is 9.47 Å². The highest BCUT2D eigenvalue weighted by molar-refractivity contribution is 5.31. The Morgan fingerprint density at radius 3 is 2.96 bits per heavy atom. The van der Waals surface area contributed by atoms with Gasteiger partial charge in [0.25, 0.3) is 0 Å². The molecule has 4 rings (SSSR count). The lowest BCUT2D eigenvalue weighted by Gasteiger charge is -2.50. The molecule has 7 heteroatoms. The first-order valence-corrected chi connectivity index (χ1v) is 8.63. The van der Waals surface area contributed by atoms with Crippen LogP contribution in [0.25, 0.3) is 0 Å². The van der Waals surface area contributed by atoms with Gasteiger partial charge in [-0.1, -0.05) is 6.07 Å². The van der Waals surface area contributed by atoms with Gasteiger partial charge in [0.05, 0.1) is 25.1 Å². The summed E-state index contributed by atoms with van der Waals surface area (Å²) in [6.45, 7) is 2.85. The highest BCUT2D eigenvalue weighted by Crippen LogP contribution is 2.41. The van der Waals surface area contributed by atoms with Gasteiger partial charge in [-0.25, -0.2) is 19.3 Å². The molecule has 2 aliphatic heterocycles. The minimum absolute atomic E-state index is 0.133. The van der Waals surface area contributed by atoms with E-state index >= 15 is 0 Å². The van der Waals surface area contributed by atoms with E-state index in [1.807, 2.05) is 18.2 Å². The minimum atomic E-state index is -0.423.